The molecule has 0 bridgehead atoms. The second kappa shape index (κ2) is 21.3. The van der Waals surface area contributed by atoms with E-state index in [-0.39, 0.29) is 23.9 Å². The number of hydrogen-bond donors (Lipinski definition) is 2. The average molecular weight is 1040 g/mol. The van der Waals surface area contributed by atoms with Crippen molar-refractivity contribution < 1.29 is 33.6 Å². The standard InChI is InChI=1S/C63H66N4O8S/c1-63(2,70)44-14-25-54(52(35-44)53-39-65(3)62(69)59-50(53)26-29-64-59)73-47-21-17-46(18-22-47)67-37-41(38-67)34-40-27-30-66(31-28-40)45-15-10-42(11-16-45)60(68)58-51-24-23-49(75-57-9-5-7-33-72-57)36-55(51)76-61(58)43-12-19-48(20-13-43)74-56-8-4-6-32-71-56/h10-26,29,35-36,39-41,56-57,64,70H,4-9,27-28,30-34,37-38H2,1-3H3. The van der Waals surface area contributed by atoms with Gasteiger partial charge in [0, 0.05) is 112 Å². The van der Waals surface area contributed by atoms with Gasteiger partial charge in [0.05, 0.1) is 18.8 Å². The Balaban J connectivity index is 0.668. The van der Waals surface area contributed by atoms with Gasteiger partial charge < -0.3 is 48.1 Å². The number of thiophene rings is 1. The van der Waals surface area contributed by atoms with Crippen molar-refractivity contribution in [2.24, 2.45) is 18.9 Å². The van der Waals surface area contributed by atoms with Gasteiger partial charge in [0.25, 0.3) is 5.56 Å². The van der Waals surface area contributed by atoms with Crippen LogP contribution < -0.4 is 29.6 Å². The highest BCUT2D eigenvalue weighted by Crippen LogP contribution is 2.44. The van der Waals surface area contributed by atoms with Crippen LogP contribution in [0.15, 0.2) is 132 Å². The molecule has 12 nitrogen and oxygen atoms in total. The number of carbonyl (C=O) groups is 1. The van der Waals surface area contributed by atoms with Crippen LogP contribution in [0.5, 0.6) is 23.0 Å². The Morgan fingerprint density at radius 2 is 1.37 bits per heavy atom. The van der Waals surface area contributed by atoms with Crippen molar-refractivity contribution >= 4 is 49.5 Å². The van der Waals surface area contributed by atoms with Crippen LogP contribution in [0.2, 0.25) is 0 Å². The minimum Gasteiger partial charge on any atom is -0.465 e. The molecule has 4 saturated heterocycles. The molecule has 2 atom stereocenters. The monoisotopic (exact) mass is 1040 g/mol. The number of pyridine rings is 1. The quantitative estimate of drug-likeness (QED) is 0.0958. The molecule has 5 aromatic carbocycles. The molecule has 2 unspecified atom stereocenters. The summed E-state index contributed by atoms with van der Waals surface area (Å²) in [5.74, 6) is 4.22. The summed E-state index contributed by atoms with van der Waals surface area (Å²) in [7, 11) is 1.75. The van der Waals surface area contributed by atoms with E-state index in [9.17, 15) is 14.7 Å². The molecular formula is C63H66N4O8S. The molecule has 0 saturated carbocycles. The van der Waals surface area contributed by atoms with E-state index >= 15 is 0 Å². The van der Waals surface area contributed by atoms with Crippen LogP contribution >= 0.6 is 11.3 Å². The number of ketones is 1. The number of carbonyl (C=O) groups excluding carboxylic acids is 1. The largest absolute Gasteiger partial charge is 0.465 e. The Labute approximate surface area is 447 Å². The number of aromatic amines is 1. The van der Waals surface area contributed by atoms with Gasteiger partial charge in [-0.25, -0.2) is 0 Å². The molecule has 4 aliphatic heterocycles. The third-order valence-electron chi connectivity index (χ3n) is 15.8. The maximum Gasteiger partial charge on any atom is 0.274 e. The molecule has 12 rings (SSSR count). The van der Waals surface area contributed by atoms with Crippen LogP contribution in [0.1, 0.15) is 93.1 Å². The highest BCUT2D eigenvalue weighted by atomic mass is 32.1. The van der Waals surface area contributed by atoms with Gasteiger partial charge in [-0.15, -0.1) is 11.3 Å². The second-order valence-corrected chi connectivity index (χ2v) is 22.8. The number of rotatable bonds is 15. The minimum absolute atomic E-state index is 0.00621. The summed E-state index contributed by atoms with van der Waals surface area (Å²) in [6.07, 6.45) is 12.7. The number of anilines is 2. The van der Waals surface area contributed by atoms with E-state index in [1.165, 1.54) is 12.1 Å². The Bertz CT molecular complexity index is 3400. The zero-order chi connectivity index (χ0) is 51.9. The van der Waals surface area contributed by atoms with Crippen molar-refractivity contribution in [3.8, 4) is 44.6 Å². The first-order chi connectivity index (χ1) is 37.0. The van der Waals surface area contributed by atoms with E-state index in [0.29, 0.717) is 46.6 Å². The summed E-state index contributed by atoms with van der Waals surface area (Å²) in [4.78, 5) is 36.6. The number of benzene rings is 5. The van der Waals surface area contributed by atoms with Crippen molar-refractivity contribution in [1.82, 2.24) is 9.55 Å². The maximum absolute atomic E-state index is 14.7. The predicted molar refractivity (Wildman–Crippen MR) is 302 cm³/mol. The lowest BCUT2D eigenvalue weighted by molar-refractivity contribution is -0.106. The first kappa shape index (κ1) is 49.9. The molecule has 0 aliphatic carbocycles. The molecule has 8 aromatic rings. The van der Waals surface area contributed by atoms with E-state index in [0.717, 1.165) is 144 Å². The molecule has 3 aromatic heterocycles. The van der Waals surface area contributed by atoms with Gasteiger partial charge in [-0.1, -0.05) is 6.07 Å². The van der Waals surface area contributed by atoms with Crippen molar-refractivity contribution in [2.75, 3.05) is 49.2 Å². The van der Waals surface area contributed by atoms with Gasteiger partial charge in [0.2, 0.25) is 0 Å². The van der Waals surface area contributed by atoms with Crippen LogP contribution in [0.4, 0.5) is 11.4 Å². The van der Waals surface area contributed by atoms with Gasteiger partial charge in [-0.2, -0.15) is 0 Å². The number of aliphatic hydroxyl groups is 1. The van der Waals surface area contributed by atoms with Gasteiger partial charge in [0.15, 0.2) is 18.4 Å². The zero-order valence-corrected chi connectivity index (χ0v) is 44.4. The van der Waals surface area contributed by atoms with E-state index < -0.39 is 5.60 Å². The lowest BCUT2D eigenvalue weighted by Gasteiger charge is -2.44. The van der Waals surface area contributed by atoms with Crippen LogP contribution in [0.3, 0.4) is 0 Å². The molecular weight excluding hydrogens is 973 g/mol. The Morgan fingerprint density at radius 3 is 2.05 bits per heavy atom. The highest BCUT2D eigenvalue weighted by Gasteiger charge is 2.32. The summed E-state index contributed by atoms with van der Waals surface area (Å²) in [5, 5.41) is 12.6. The van der Waals surface area contributed by atoms with Crippen LogP contribution in [-0.2, 0) is 22.1 Å². The fourth-order valence-electron chi connectivity index (χ4n) is 11.5. The fourth-order valence-corrected chi connectivity index (χ4v) is 12.8. The van der Waals surface area contributed by atoms with Crippen molar-refractivity contribution in [1.29, 1.82) is 0 Å². The molecule has 392 valence electrons. The lowest BCUT2D eigenvalue weighted by Crippen LogP contribution is -2.48. The van der Waals surface area contributed by atoms with E-state index in [1.807, 2.05) is 79.0 Å². The maximum atomic E-state index is 14.7. The molecule has 76 heavy (non-hydrogen) atoms. The van der Waals surface area contributed by atoms with Gasteiger partial charge in [-0.05, 0) is 191 Å². The highest BCUT2D eigenvalue weighted by molar-refractivity contribution is 7.22. The Hall–Kier alpha value is -6.90. The number of piperidine rings is 1. The summed E-state index contributed by atoms with van der Waals surface area (Å²) < 4.78 is 33.3. The first-order valence-corrected chi connectivity index (χ1v) is 28.0. The Morgan fingerprint density at radius 1 is 0.711 bits per heavy atom. The van der Waals surface area contributed by atoms with Crippen molar-refractivity contribution in [2.45, 2.75) is 89.8 Å². The number of aryl methyl sites for hydroxylation is 1. The first-order valence-electron chi connectivity index (χ1n) is 27.2. The van der Waals surface area contributed by atoms with Crippen LogP contribution in [-0.4, -0.2) is 72.4 Å². The van der Waals surface area contributed by atoms with Crippen LogP contribution in [0, 0.1) is 11.8 Å². The SMILES string of the molecule is Cn1cc(-c2cc(C(C)(C)O)ccc2Oc2ccc(N3CC(CC4CCN(c5ccc(C(=O)c6c(-c7ccc(OC8CCCCO8)cc7)sc7cc(OC8CCCCO8)ccc67)cc5)CC4)C3)cc2)c2cc[nH]c2c1=O. The van der Waals surface area contributed by atoms with E-state index in [1.54, 1.807) is 43.0 Å². The third kappa shape index (κ3) is 10.5. The number of ether oxygens (including phenoxy) is 5. The van der Waals surface area contributed by atoms with Gasteiger partial charge in [-0.3, -0.25) is 9.59 Å². The zero-order valence-electron chi connectivity index (χ0n) is 43.6. The average Bonchev–Trinajstić information content (AvgIpc) is 4.18. The number of H-pyrrole nitrogens is 1. The predicted octanol–water partition coefficient (Wildman–Crippen LogP) is 13.2. The Kier molecular flexibility index (Phi) is 14.0. The summed E-state index contributed by atoms with van der Waals surface area (Å²) in [6, 6.07) is 38.3. The minimum atomic E-state index is -1.06. The molecule has 4 fully saturated rings. The topological polar surface area (TPSA) is 128 Å². The van der Waals surface area contributed by atoms with Crippen molar-refractivity contribution in [3.63, 3.8) is 0 Å². The number of nitrogens with zero attached hydrogens (tertiary/aromatic N) is 3. The molecule has 7 heterocycles. The van der Waals surface area contributed by atoms with E-state index in [4.69, 9.17) is 23.7 Å². The van der Waals surface area contributed by atoms with E-state index in [2.05, 4.69) is 57.2 Å². The van der Waals surface area contributed by atoms with Crippen LogP contribution in [0.25, 0.3) is 42.6 Å². The molecule has 4 aliphatic rings. The number of fused-ring (bicyclic) bond motifs is 2. The normalized spacial score (nSPS) is 18.7. The van der Waals surface area contributed by atoms with Gasteiger partial charge >= 0.3 is 0 Å². The van der Waals surface area contributed by atoms with Gasteiger partial charge in [0.1, 0.15) is 28.5 Å². The lowest BCUT2D eigenvalue weighted by atomic mass is 9.83. The molecule has 0 spiro atoms. The molecule has 2 N–H and O–H groups in total. The molecule has 0 amide bonds. The number of hydrogen-bond acceptors (Lipinski definition) is 11. The third-order valence-corrected chi connectivity index (χ3v) is 17.1. The molecule has 13 heteroatoms. The summed E-state index contributed by atoms with van der Waals surface area (Å²) in [6.45, 7) is 9.04. The van der Waals surface area contributed by atoms with Crippen molar-refractivity contribution in [3.05, 3.63) is 155 Å². The number of aromatic nitrogens is 2. The second-order valence-electron chi connectivity index (χ2n) is 21.7. The fraction of sp³-hybridized carbons (Fsp3) is 0.365. The summed E-state index contributed by atoms with van der Waals surface area (Å²) >= 11 is 1.62. The smallest absolute Gasteiger partial charge is 0.274 e. The molecule has 0 radical (unpaired) electrons. The summed E-state index contributed by atoms with van der Waals surface area (Å²) in [5.41, 5.74) is 6.44. The number of nitrogens with one attached hydrogen (secondary N) is 1.